The minimum absolute atomic E-state index is 0.0550. The second-order valence-corrected chi connectivity index (χ2v) is 3.85. The van der Waals surface area contributed by atoms with Crippen LogP contribution in [0.15, 0.2) is 30.5 Å². The lowest BCUT2D eigenvalue weighted by molar-refractivity contribution is 0.0726. The van der Waals surface area contributed by atoms with E-state index < -0.39 is 0 Å². The molecule has 0 aliphatic carbocycles. The summed E-state index contributed by atoms with van der Waals surface area (Å²) in [6, 6.07) is 7.41. The van der Waals surface area contributed by atoms with Crippen LogP contribution < -0.4 is 0 Å². The molecule has 1 aromatic heterocycles. The predicted octanol–water partition coefficient (Wildman–Crippen LogP) is 1.08. The number of fused-ring (bicyclic) bond motifs is 1. The minimum Gasteiger partial charge on any atom is -0.395 e. The lowest BCUT2D eigenvalue weighted by Crippen LogP contribution is -2.33. The normalized spacial score (nSPS) is 10.6. The Hall–Kier alpha value is -2.01. The van der Waals surface area contributed by atoms with Gasteiger partial charge in [0.1, 0.15) is 5.69 Å². The Balaban J connectivity index is 2.32. The molecule has 5 nitrogen and oxygen atoms in total. The average molecular weight is 245 g/mol. The third-order valence-electron chi connectivity index (χ3n) is 2.71. The molecule has 0 fully saturated rings. The number of rotatable bonds is 4. The summed E-state index contributed by atoms with van der Waals surface area (Å²) in [5.41, 5.74) is 1.77. The van der Waals surface area contributed by atoms with Crippen molar-refractivity contribution in [1.29, 1.82) is 0 Å². The van der Waals surface area contributed by atoms with Crippen molar-refractivity contribution in [3.8, 4) is 0 Å². The van der Waals surface area contributed by atoms with Gasteiger partial charge in [0, 0.05) is 13.1 Å². The Kier molecular flexibility index (Phi) is 3.84. The highest BCUT2D eigenvalue weighted by atomic mass is 16.3. The molecule has 1 amide bonds. The molecule has 94 valence electrons. The van der Waals surface area contributed by atoms with Crippen LogP contribution >= 0.6 is 0 Å². The highest BCUT2D eigenvalue weighted by Crippen LogP contribution is 2.09. The Morgan fingerprint density at radius 1 is 1.33 bits per heavy atom. The molecular weight excluding hydrogens is 230 g/mol. The van der Waals surface area contributed by atoms with Crippen LogP contribution in [0, 0.1) is 0 Å². The van der Waals surface area contributed by atoms with E-state index in [1.807, 2.05) is 31.2 Å². The number of likely N-dealkylation sites (N-methyl/N-ethyl adjacent to an activating group) is 1. The first-order valence-electron chi connectivity index (χ1n) is 5.88. The van der Waals surface area contributed by atoms with E-state index in [4.69, 9.17) is 5.11 Å². The molecule has 0 aliphatic heterocycles. The number of hydrogen-bond donors (Lipinski definition) is 1. The number of hydrogen-bond acceptors (Lipinski definition) is 4. The number of para-hydroxylation sites is 2. The van der Waals surface area contributed by atoms with Crippen LogP contribution in [0.4, 0.5) is 0 Å². The molecule has 2 aromatic rings. The van der Waals surface area contributed by atoms with Crippen LogP contribution in [0.25, 0.3) is 11.0 Å². The summed E-state index contributed by atoms with van der Waals surface area (Å²) in [5, 5.41) is 8.91. The van der Waals surface area contributed by atoms with Crippen molar-refractivity contribution < 1.29 is 9.90 Å². The fourth-order valence-corrected chi connectivity index (χ4v) is 1.75. The number of carbonyl (C=O) groups is 1. The first kappa shape index (κ1) is 12.4. The van der Waals surface area contributed by atoms with Crippen molar-refractivity contribution in [2.45, 2.75) is 6.92 Å². The molecule has 0 spiro atoms. The monoisotopic (exact) mass is 245 g/mol. The Labute approximate surface area is 105 Å². The predicted molar refractivity (Wildman–Crippen MR) is 68.2 cm³/mol. The summed E-state index contributed by atoms with van der Waals surface area (Å²) in [6.45, 7) is 2.65. The fourth-order valence-electron chi connectivity index (χ4n) is 1.75. The van der Waals surface area contributed by atoms with Crippen LogP contribution in [-0.4, -0.2) is 45.6 Å². The van der Waals surface area contributed by atoms with Gasteiger partial charge >= 0.3 is 0 Å². The van der Waals surface area contributed by atoms with Crippen LogP contribution in [-0.2, 0) is 0 Å². The first-order valence-corrected chi connectivity index (χ1v) is 5.88. The number of amides is 1. The van der Waals surface area contributed by atoms with E-state index in [9.17, 15) is 4.79 Å². The maximum atomic E-state index is 12.1. The summed E-state index contributed by atoms with van der Waals surface area (Å²) in [5.74, 6) is -0.204. The summed E-state index contributed by atoms with van der Waals surface area (Å²) in [6.07, 6.45) is 1.48. The Morgan fingerprint density at radius 3 is 2.72 bits per heavy atom. The second-order valence-electron chi connectivity index (χ2n) is 3.85. The van der Waals surface area contributed by atoms with Gasteiger partial charge in [-0.3, -0.25) is 9.78 Å². The van der Waals surface area contributed by atoms with E-state index in [0.29, 0.717) is 24.3 Å². The van der Waals surface area contributed by atoms with Crippen LogP contribution in [0.1, 0.15) is 17.4 Å². The van der Waals surface area contributed by atoms with Crippen LogP contribution in [0.5, 0.6) is 0 Å². The molecule has 1 N–H and O–H groups in total. The molecule has 0 saturated carbocycles. The van der Waals surface area contributed by atoms with Crippen molar-refractivity contribution in [3.63, 3.8) is 0 Å². The molecule has 0 radical (unpaired) electrons. The van der Waals surface area contributed by atoms with Gasteiger partial charge in [-0.2, -0.15) is 0 Å². The van der Waals surface area contributed by atoms with E-state index in [1.165, 1.54) is 6.20 Å². The Morgan fingerprint density at radius 2 is 2.06 bits per heavy atom. The highest BCUT2D eigenvalue weighted by molar-refractivity contribution is 5.93. The van der Waals surface area contributed by atoms with E-state index in [0.717, 1.165) is 5.52 Å². The van der Waals surface area contributed by atoms with Crippen molar-refractivity contribution in [2.75, 3.05) is 19.7 Å². The van der Waals surface area contributed by atoms with Gasteiger partial charge in [0.15, 0.2) is 0 Å². The molecule has 0 aliphatic rings. The van der Waals surface area contributed by atoms with Crippen molar-refractivity contribution in [1.82, 2.24) is 14.9 Å². The fraction of sp³-hybridized carbons (Fsp3) is 0.308. The third kappa shape index (κ3) is 2.46. The molecular formula is C13H15N3O2. The minimum atomic E-state index is -0.204. The van der Waals surface area contributed by atoms with E-state index >= 15 is 0 Å². The summed E-state index contributed by atoms with van der Waals surface area (Å²) >= 11 is 0. The summed E-state index contributed by atoms with van der Waals surface area (Å²) in [4.78, 5) is 22.2. The van der Waals surface area contributed by atoms with Crippen molar-refractivity contribution in [2.24, 2.45) is 0 Å². The summed E-state index contributed by atoms with van der Waals surface area (Å²) < 4.78 is 0. The number of aliphatic hydroxyl groups excluding tert-OH is 1. The largest absolute Gasteiger partial charge is 0.395 e. The van der Waals surface area contributed by atoms with E-state index in [2.05, 4.69) is 9.97 Å². The maximum absolute atomic E-state index is 12.1. The van der Waals surface area contributed by atoms with Gasteiger partial charge in [-0.15, -0.1) is 0 Å². The topological polar surface area (TPSA) is 66.3 Å². The van der Waals surface area contributed by atoms with Gasteiger partial charge in [0.25, 0.3) is 5.91 Å². The van der Waals surface area contributed by atoms with Gasteiger partial charge in [-0.05, 0) is 19.1 Å². The molecule has 0 bridgehead atoms. The zero-order valence-electron chi connectivity index (χ0n) is 10.2. The molecule has 1 aromatic carbocycles. The number of aromatic nitrogens is 2. The van der Waals surface area contributed by atoms with Crippen molar-refractivity contribution in [3.05, 3.63) is 36.2 Å². The second kappa shape index (κ2) is 5.55. The lowest BCUT2D eigenvalue weighted by atomic mass is 10.3. The molecule has 0 saturated heterocycles. The lowest BCUT2D eigenvalue weighted by Gasteiger charge is -2.18. The molecule has 0 unspecified atom stereocenters. The van der Waals surface area contributed by atoms with E-state index in [-0.39, 0.29) is 12.5 Å². The molecule has 18 heavy (non-hydrogen) atoms. The van der Waals surface area contributed by atoms with Crippen LogP contribution in [0.3, 0.4) is 0 Å². The number of carbonyl (C=O) groups excluding carboxylic acids is 1. The van der Waals surface area contributed by atoms with Gasteiger partial charge in [0.2, 0.25) is 0 Å². The SMILES string of the molecule is CCN(CCO)C(=O)c1cnc2ccccc2n1. The van der Waals surface area contributed by atoms with Gasteiger partial charge in [-0.25, -0.2) is 4.98 Å². The molecule has 1 heterocycles. The van der Waals surface area contributed by atoms with E-state index in [1.54, 1.807) is 4.90 Å². The zero-order valence-corrected chi connectivity index (χ0v) is 10.2. The molecule has 5 heteroatoms. The smallest absolute Gasteiger partial charge is 0.274 e. The van der Waals surface area contributed by atoms with Crippen LogP contribution in [0.2, 0.25) is 0 Å². The van der Waals surface area contributed by atoms with Gasteiger partial charge < -0.3 is 10.0 Å². The standard InChI is InChI=1S/C13H15N3O2/c1-2-16(7-8-17)13(18)12-9-14-10-5-3-4-6-11(10)15-12/h3-6,9,17H,2,7-8H2,1H3. The van der Waals surface area contributed by atoms with Gasteiger partial charge in [0.05, 0.1) is 23.8 Å². The zero-order chi connectivity index (χ0) is 13.0. The Bertz CT molecular complexity index is 557. The number of aliphatic hydroxyl groups is 1. The first-order chi connectivity index (χ1) is 8.76. The molecule has 2 rings (SSSR count). The number of benzene rings is 1. The van der Waals surface area contributed by atoms with Gasteiger partial charge in [-0.1, -0.05) is 12.1 Å². The molecule has 0 atom stereocenters. The maximum Gasteiger partial charge on any atom is 0.274 e. The quantitative estimate of drug-likeness (QED) is 0.875. The number of nitrogens with zero attached hydrogens (tertiary/aromatic N) is 3. The highest BCUT2D eigenvalue weighted by Gasteiger charge is 2.15. The summed E-state index contributed by atoms with van der Waals surface area (Å²) in [7, 11) is 0. The third-order valence-corrected chi connectivity index (χ3v) is 2.71. The average Bonchev–Trinajstić information content (AvgIpc) is 2.43. The van der Waals surface area contributed by atoms with Crippen molar-refractivity contribution >= 4 is 16.9 Å².